The predicted molar refractivity (Wildman–Crippen MR) is 88.9 cm³/mol. The molecule has 3 rings (SSSR count). The number of allylic oxidation sites excluding steroid dienone is 1. The van der Waals surface area contributed by atoms with Gasteiger partial charge in [-0.15, -0.1) is 0 Å². The van der Waals surface area contributed by atoms with Gasteiger partial charge in [-0.1, -0.05) is 26.0 Å². The number of rotatable bonds is 4. The normalized spacial score (nSPS) is 28.9. The number of esters is 1. The summed E-state index contributed by atoms with van der Waals surface area (Å²) in [7, 11) is 0. The van der Waals surface area contributed by atoms with Crippen LogP contribution in [0.3, 0.4) is 0 Å². The van der Waals surface area contributed by atoms with E-state index >= 15 is 0 Å². The summed E-state index contributed by atoms with van der Waals surface area (Å²) in [6, 6.07) is 3.56. The van der Waals surface area contributed by atoms with Crippen molar-refractivity contribution >= 4 is 11.9 Å². The molecule has 1 saturated heterocycles. The van der Waals surface area contributed by atoms with Gasteiger partial charge in [0.15, 0.2) is 0 Å². The lowest BCUT2D eigenvalue weighted by Gasteiger charge is -2.34. The molecular formula is C19H25NO4. The zero-order chi connectivity index (χ0) is 17.3. The molecule has 1 aromatic rings. The van der Waals surface area contributed by atoms with Crippen LogP contribution in [0.25, 0.3) is 0 Å². The molecule has 0 spiro atoms. The Balaban J connectivity index is 1.94. The molecule has 0 N–H and O–H groups in total. The molecule has 1 aliphatic heterocycles. The van der Waals surface area contributed by atoms with E-state index in [-0.39, 0.29) is 41.7 Å². The van der Waals surface area contributed by atoms with E-state index in [9.17, 15) is 9.59 Å². The van der Waals surface area contributed by atoms with Crippen molar-refractivity contribution in [2.75, 3.05) is 6.61 Å². The van der Waals surface area contributed by atoms with E-state index in [0.29, 0.717) is 13.0 Å². The van der Waals surface area contributed by atoms with Crippen LogP contribution in [0.1, 0.15) is 45.4 Å². The molecule has 1 aliphatic carbocycles. The summed E-state index contributed by atoms with van der Waals surface area (Å²) in [6.45, 7) is 6.02. The minimum absolute atomic E-state index is 0.0712. The molecule has 4 atom stereocenters. The van der Waals surface area contributed by atoms with E-state index in [2.05, 4.69) is 6.08 Å². The predicted octanol–water partition coefficient (Wildman–Crippen LogP) is 3.33. The first-order valence-electron chi connectivity index (χ1n) is 8.73. The van der Waals surface area contributed by atoms with Crippen molar-refractivity contribution in [2.45, 2.75) is 45.7 Å². The van der Waals surface area contributed by atoms with Gasteiger partial charge in [0, 0.05) is 5.92 Å². The largest absolute Gasteiger partial charge is 0.467 e. The lowest BCUT2D eigenvalue weighted by Crippen LogP contribution is -2.43. The monoisotopic (exact) mass is 331 g/mol. The van der Waals surface area contributed by atoms with Crippen LogP contribution in [-0.4, -0.2) is 29.4 Å². The van der Waals surface area contributed by atoms with Crippen molar-refractivity contribution in [1.82, 2.24) is 4.90 Å². The highest BCUT2D eigenvalue weighted by Crippen LogP contribution is 2.47. The lowest BCUT2D eigenvalue weighted by molar-refractivity contribution is -0.151. The van der Waals surface area contributed by atoms with Gasteiger partial charge >= 0.3 is 5.97 Å². The highest BCUT2D eigenvalue weighted by atomic mass is 16.5. The molecule has 0 bridgehead atoms. The molecule has 24 heavy (non-hydrogen) atoms. The van der Waals surface area contributed by atoms with Gasteiger partial charge < -0.3 is 14.1 Å². The molecule has 130 valence electrons. The minimum atomic E-state index is -0.192. The fraction of sp³-hybridized carbons (Fsp3) is 0.579. The van der Waals surface area contributed by atoms with Gasteiger partial charge in [0.1, 0.15) is 5.76 Å². The molecule has 0 radical (unpaired) electrons. The van der Waals surface area contributed by atoms with Gasteiger partial charge in [0.25, 0.3) is 0 Å². The second kappa shape index (κ2) is 6.83. The van der Waals surface area contributed by atoms with Crippen molar-refractivity contribution in [3.05, 3.63) is 36.3 Å². The van der Waals surface area contributed by atoms with E-state index in [4.69, 9.17) is 9.15 Å². The van der Waals surface area contributed by atoms with Crippen molar-refractivity contribution in [3.8, 4) is 0 Å². The standard InChI is InChI=1S/C19H25NO4/c1-4-23-19(22)13-7-5-8-15-14(13)11-16(17-9-6-10-24-17)20(15)18(21)12(2)3/h5-6,8-10,12-16H,4,7,11H2,1-3H3/t13-,14+,15-,16-/m0/s1. The zero-order valence-electron chi connectivity index (χ0n) is 14.5. The Labute approximate surface area is 142 Å². The van der Waals surface area contributed by atoms with Crippen molar-refractivity contribution in [3.63, 3.8) is 0 Å². The molecular weight excluding hydrogens is 306 g/mol. The first-order valence-corrected chi connectivity index (χ1v) is 8.73. The highest BCUT2D eigenvalue weighted by molar-refractivity contribution is 5.80. The molecule has 0 unspecified atom stereocenters. The maximum absolute atomic E-state index is 12.8. The van der Waals surface area contributed by atoms with Crippen molar-refractivity contribution in [1.29, 1.82) is 0 Å². The number of nitrogens with zero attached hydrogens (tertiary/aromatic N) is 1. The Morgan fingerprint density at radius 3 is 2.83 bits per heavy atom. The third-order valence-corrected chi connectivity index (χ3v) is 5.04. The molecule has 0 saturated carbocycles. The Morgan fingerprint density at radius 1 is 1.42 bits per heavy atom. The fourth-order valence-corrected chi connectivity index (χ4v) is 3.96. The first kappa shape index (κ1) is 16.8. The number of hydrogen-bond donors (Lipinski definition) is 0. The summed E-state index contributed by atoms with van der Waals surface area (Å²) in [4.78, 5) is 27.1. The fourth-order valence-electron chi connectivity index (χ4n) is 3.96. The maximum atomic E-state index is 12.8. The third-order valence-electron chi connectivity index (χ3n) is 5.04. The molecule has 2 aliphatic rings. The Kier molecular flexibility index (Phi) is 4.78. The van der Waals surface area contributed by atoms with Crippen LogP contribution >= 0.6 is 0 Å². The topological polar surface area (TPSA) is 59.8 Å². The van der Waals surface area contributed by atoms with E-state index in [1.807, 2.05) is 43.9 Å². The molecule has 5 nitrogen and oxygen atoms in total. The number of ether oxygens (including phenoxy) is 1. The van der Waals surface area contributed by atoms with Gasteiger partial charge in [0.2, 0.25) is 5.91 Å². The first-order chi connectivity index (χ1) is 11.5. The number of carbonyl (C=O) groups excluding carboxylic acids is 2. The molecule has 5 heteroatoms. The lowest BCUT2D eigenvalue weighted by atomic mass is 9.79. The second-order valence-corrected chi connectivity index (χ2v) is 6.84. The summed E-state index contributed by atoms with van der Waals surface area (Å²) in [5.41, 5.74) is 0. The van der Waals surface area contributed by atoms with Crippen LogP contribution in [0, 0.1) is 17.8 Å². The number of carbonyl (C=O) groups is 2. The van der Waals surface area contributed by atoms with Gasteiger partial charge in [-0.25, -0.2) is 0 Å². The van der Waals surface area contributed by atoms with E-state index in [1.165, 1.54) is 0 Å². The summed E-state index contributed by atoms with van der Waals surface area (Å²) < 4.78 is 10.9. The van der Waals surface area contributed by atoms with Gasteiger partial charge in [-0.3, -0.25) is 9.59 Å². The number of amides is 1. The smallest absolute Gasteiger partial charge is 0.309 e. The van der Waals surface area contributed by atoms with Gasteiger partial charge in [-0.05, 0) is 37.8 Å². The zero-order valence-corrected chi connectivity index (χ0v) is 14.5. The third kappa shape index (κ3) is 2.87. The van der Waals surface area contributed by atoms with Crippen LogP contribution in [0.2, 0.25) is 0 Å². The van der Waals surface area contributed by atoms with Crippen LogP contribution in [0.4, 0.5) is 0 Å². The second-order valence-electron chi connectivity index (χ2n) is 6.84. The maximum Gasteiger partial charge on any atom is 0.309 e. The van der Waals surface area contributed by atoms with E-state index in [0.717, 1.165) is 12.2 Å². The summed E-state index contributed by atoms with van der Waals surface area (Å²) in [5.74, 6) is 0.508. The molecule has 2 heterocycles. The van der Waals surface area contributed by atoms with Crippen LogP contribution in [0.5, 0.6) is 0 Å². The molecule has 1 amide bonds. The van der Waals surface area contributed by atoms with Crippen LogP contribution < -0.4 is 0 Å². The number of furan rings is 1. The van der Waals surface area contributed by atoms with Gasteiger partial charge in [-0.2, -0.15) is 0 Å². The van der Waals surface area contributed by atoms with E-state index < -0.39 is 0 Å². The summed E-state index contributed by atoms with van der Waals surface area (Å²) >= 11 is 0. The summed E-state index contributed by atoms with van der Waals surface area (Å²) in [5, 5.41) is 0. The van der Waals surface area contributed by atoms with Crippen molar-refractivity contribution in [2.24, 2.45) is 17.8 Å². The average molecular weight is 331 g/mol. The SMILES string of the molecule is CCOC(=O)[C@H]1CC=C[C@H]2[C@@H]1C[C@@H](c1ccco1)N2C(=O)C(C)C. The molecule has 1 fully saturated rings. The number of fused-ring (bicyclic) bond motifs is 1. The quantitative estimate of drug-likeness (QED) is 0.627. The van der Waals surface area contributed by atoms with Crippen LogP contribution in [0.15, 0.2) is 35.0 Å². The molecule has 1 aromatic heterocycles. The Hall–Kier alpha value is -2.04. The van der Waals surface area contributed by atoms with E-state index in [1.54, 1.807) is 6.26 Å². The minimum Gasteiger partial charge on any atom is -0.467 e. The number of hydrogen-bond acceptors (Lipinski definition) is 4. The van der Waals surface area contributed by atoms with Crippen LogP contribution in [-0.2, 0) is 14.3 Å². The molecule has 0 aromatic carbocycles. The Morgan fingerprint density at radius 2 is 2.21 bits per heavy atom. The number of likely N-dealkylation sites (tertiary alicyclic amines) is 1. The average Bonchev–Trinajstić information content (AvgIpc) is 3.20. The highest BCUT2D eigenvalue weighted by Gasteiger charge is 2.50. The van der Waals surface area contributed by atoms with Gasteiger partial charge in [0.05, 0.1) is 30.9 Å². The summed E-state index contributed by atoms with van der Waals surface area (Å²) in [6.07, 6.45) is 7.12. The Bertz CT molecular complexity index is 619. The van der Waals surface area contributed by atoms with Crippen molar-refractivity contribution < 1.29 is 18.7 Å².